The molecule has 0 bridgehead atoms. The van der Waals surface area contributed by atoms with Crippen LogP contribution in [0.15, 0.2) is 59.1 Å². The molecule has 0 amide bonds. The number of nitrogens with zero attached hydrogens (tertiary/aromatic N) is 1. The number of hydrogen-bond acceptors (Lipinski definition) is 2. The minimum atomic E-state index is -0.430. The lowest BCUT2D eigenvalue weighted by Crippen LogP contribution is -2.80. The van der Waals surface area contributed by atoms with Crippen LogP contribution < -0.4 is 5.32 Å². The fraction of sp³-hybridized carbons (Fsp3) is 0.118. The zero-order chi connectivity index (χ0) is 15.4. The first-order valence-corrected chi connectivity index (χ1v) is 7.36. The zero-order valence-corrected chi connectivity index (χ0v) is 12.6. The van der Waals surface area contributed by atoms with E-state index in [0.717, 1.165) is 23.6 Å². The predicted molar refractivity (Wildman–Crippen MR) is 82.7 cm³/mol. The molecule has 2 N–H and O–H groups in total. The molecule has 0 aliphatic carbocycles. The normalized spacial score (nSPS) is 10.8. The van der Waals surface area contributed by atoms with Crippen LogP contribution in [0.4, 0.5) is 4.39 Å². The predicted octanol–water partition coefficient (Wildman–Crippen LogP) is 3.40. The van der Waals surface area contributed by atoms with Crippen LogP contribution in [0.1, 0.15) is 11.5 Å². The van der Waals surface area contributed by atoms with Gasteiger partial charge in [-0.05, 0) is 42.5 Å². The highest BCUT2D eigenvalue weighted by molar-refractivity contribution is 6.31. The van der Waals surface area contributed by atoms with E-state index in [4.69, 9.17) is 16.0 Å². The monoisotopic (exact) mass is 317 g/mol. The molecule has 2 aromatic heterocycles. The average molecular weight is 318 g/mol. The van der Waals surface area contributed by atoms with Crippen molar-refractivity contribution in [1.82, 2.24) is 4.98 Å². The Morgan fingerprint density at radius 2 is 2.00 bits per heavy atom. The number of quaternary nitrogens is 1. The lowest BCUT2D eigenvalue weighted by atomic mass is 10.2. The lowest BCUT2D eigenvalue weighted by Gasteiger charge is -2.00. The fourth-order valence-electron chi connectivity index (χ4n) is 2.17. The molecule has 3 aromatic rings. The smallest absolute Gasteiger partial charge is 0.158 e. The van der Waals surface area contributed by atoms with Crippen LogP contribution in [0.2, 0.25) is 5.02 Å². The molecule has 3 rings (SSSR count). The van der Waals surface area contributed by atoms with Crippen LogP contribution in [0.25, 0.3) is 11.3 Å². The quantitative estimate of drug-likeness (QED) is 0.783. The Labute approximate surface area is 132 Å². The van der Waals surface area contributed by atoms with Gasteiger partial charge in [-0.2, -0.15) is 0 Å². The first-order valence-electron chi connectivity index (χ1n) is 6.98. The Bertz CT molecular complexity index is 758. The van der Waals surface area contributed by atoms with E-state index in [-0.39, 0.29) is 5.02 Å². The van der Waals surface area contributed by atoms with Crippen molar-refractivity contribution >= 4 is 11.6 Å². The van der Waals surface area contributed by atoms with Gasteiger partial charge < -0.3 is 9.73 Å². The lowest BCUT2D eigenvalue weighted by molar-refractivity contribution is -0.688. The fourth-order valence-corrected chi connectivity index (χ4v) is 2.35. The number of rotatable bonds is 5. The number of hydrogen-bond donors (Lipinski definition) is 1. The van der Waals surface area contributed by atoms with E-state index >= 15 is 0 Å². The number of nitrogens with two attached hydrogens (primary N) is 1. The second-order valence-corrected chi connectivity index (χ2v) is 5.32. The van der Waals surface area contributed by atoms with Crippen molar-refractivity contribution in [2.24, 2.45) is 0 Å². The van der Waals surface area contributed by atoms with Gasteiger partial charge in [-0.25, -0.2) is 4.39 Å². The van der Waals surface area contributed by atoms with Crippen molar-refractivity contribution in [3.05, 3.63) is 77.0 Å². The second-order valence-electron chi connectivity index (χ2n) is 4.91. The standard InChI is InChI=1S/C17H14ClFN2O/c18-15-9-12(4-6-16(15)19)17-7-5-14(22-17)11-20-10-13-3-1-2-8-21-13/h1-9,20H,10-11H2/p+1. The SMILES string of the molecule is Fc1ccc(-c2ccc(C[NH2+]Cc3ccccn3)o2)cc1Cl. The summed E-state index contributed by atoms with van der Waals surface area (Å²) in [7, 11) is 0. The molecular weight excluding hydrogens is 303 g/mol. The summed E-state index contributed by atoms with van der Waals surface area (Å²) in [6.45, 7) is 1.50. The number of halogens is 2. The topological polar surface area (TPSA) is 42.6 Å². The molecule has 0 radical (unpaired) electrons. The van der Waals surface area contributed by atoms with Gasteiger partial charge in [-0.1, -0.05) is 17.7 Å². The highest BCUT2D eigenvalue weighted by Crippen LogP contribution is 2.26. The van der Waals surface area contributed by atoms with Crippen LogP contribution in [0.3, 0.4) is 0 Å². The summed E-state index contributed by atoms with van der Waals surface area (Å²) in [5.41, 5.74) is 1.79. The molecule has 0 fully saturated rings. The van der Waals surface area contributed by atoms with E-state index in [1.54, 1.807) is 18.3 Å². The van der Waals surface area contributed by atoms with Gasteiger partial charge in [0.05, 0.1) is 10.7 Å². The van der Waals surface area contributed by atoms with Gasteiger partial charge in [0.25, 0.3) is 0 Å². The van der Waals surface area contributed by atoms with Crippen LogP contribution in [-0.2, 0) is 13.1 Å². The molecule has 3 nitrogen and oxygen atoms in total. The second kappa shape index (κ2) is 6.73. The van der Waals surface area contributed by atoms with E-state index in [1.807, 2.05) is 30.3 Å². The van der Waals surface area contributed by atoms with Crippen LogP contribution in [-0.4, -0.2) is 4.98 Å². The molecule has 1 aromatic carbocycles. The van der Waals surface area contributed by atoms with Gasteiger partial charge in [-0.15, -0.1) is 0 Å². The Morgan fingerprint density at radius 1 is 1.09 bits per heavy atom. The Balaban J connectivity index is 1.62. The number of benzene rings is 1. The van der Waals surface area contributed by atoms with Crippen molar-refractivity contribution in [1.29, 1.82) is 0 Å². The summed E-state index contributed by atoms with van der Waals surface area (Å²) >= 11 is 5.79. The first kappa shape index (κ1) is 14.8. The minimum Gasteiger partial charge on any atom is -0.455 e. The maximum absolute atomic E-state index is 13.2. The van der Waals surface area contributed by atoms with Crippen molar-refractivity contribution in [3.8, 4) is 11.3 Å². The van der Waals surface area contributed by atoms with Crippen LogP contribution in [0, 0.1) is 5.82 Å². The van der Waals surface area contributed by atoms with Gasteiger partial charge >= 0.3 is 0 Å². The molecule has 0 aliphatic heterocycles. The van der Waals surface area contributed by atoms with E-state index in [2.05, 4.69) is 10.3 Å². The molecule has 0 spiro atoms. The van der Waals surface area contributed by atoms with Crippen LogP contribution in [0.5, 0.6) is 0 Å². The molecule has 0 saturated carbocycles. The van der Waals surface area contributed by atoms with Crippen LogP contribution >= 0.6 is 11.6 Å². The Hall–Kier alpha value is -2.17. The van der Waals surface area contributed by atoms with E-state index in [1.165, 1.54) is 6.07 Å². The highest BCUT2D eigenvalue weighted by atomic mass is 35.5. The summed E-state index contributed by atoms with van der Waals surface area (Å²) in [6, 6.07) is 14.2. The minimum absolute atomic E-state index is 0.0946. The van der Waals surface area contributed by atoms with Crippen molar-refractivity contribution in [3.63, 3.8) is 0 Å². The van der Waals surface area contributed by atoms with Gasteiger partial charge in [0, 0.05) is 11.8 Å². The Kier molecular flexibility index (Phi) is 4.51. The number of furan rings is 1. The van der Waals surface area contributed by atoms with Gasteiger partial charge in [-0.3, -0.25) is 4.98 Å². The van der Waals surface area contributed by atoms with Crippen molar-refractivity contribution in [2.75, 3.05) is 0 Å². The molecule has 0 atom stereocenters. The summed E-state index contributed by atoms with van der Waals surface area (Å²) in [5.74, 6) is 1.11. The van der Waals surface area contributed by atoms with E-state index in [0.29, 0.717) is 12.3 Å². The highest BCUT2D eigenvalue weighted by Gasteiger charge is 2.08. The number of pyridine rings is 1. The van der Waals surface area contributed by atoms with E-state index in [9.17, 15) is 4.39 Å². The summed E-state index contributed by atoms with van der Waals surface area (Å²) in [5, 5.41) is 2.21. The summed E-state index contributed by atoms with van der Waals surface area (Å²) in [6.07, 6.45) is 1.78. The summed E-state index contributed by atoms with van der Waals surface area (Å²) < 4.78 is 18.9. The average Bonchev–Trinajstić information content (AvgIpc) is 3.00. The Morgan fingerprint density at radius 3 is 2.77 bits per heavy atom. The molecule has 112 valence electrons. The third-order valence-electron chi connectivity index (χ3n) is 3.29. The molecule has 0 saturated heterocycles. The molecule has 5 heteroatoms. The molecule has 0 unspecified atom stereocenters. The van der Waals surface area contributed by atoms with Gasteiger partial charge in [0.2, 0.25) is 0 Å². The largest absolute Gasteiger partial charge is 0.455 e. The summed E-state index contributed by atoms with van der Waals surface area (Å²) in [4.78, 5) is 4.27. The van der Waals surface area contributed by atoms with E-state index < -0.39 is 5.82 Å². The molecule has 0 aliphatic rings. The third-order valence-corrected chi connectivity index (χ3v) is 3.58. The van der Waals surface area contributed by atoms with Crippen molar-refractivity contribution < 1.29 is 14.1 Å². The molecule has 2 heterocycles. The maximum atomic E-state index is 13.2. The number of aromatic nitrogens is 1. The maximum Gasteiger partial charge on any atom is 0.158 e. The third kappa shape index (κ3) is 3.53. The molecule has 22 heavy (non-hydrogen) atoms. The zero-order valence-electron chi connectivity index (χ0n) is 11.8. The molecular formula is C17H15ClFN2O+. The first-order chi connectivity index (χ1) is 10.7. The van der Waals surface area contributed by atoms with Gasteiger partial charge in [0.15, 0.2) is 5.76 Å². The van der Waals surface area contributed by atoms with Gasteiger partial charge in [0.1, 0.15) is 24.7 Å². The van der Waals surface area contributed by atoms with Crippen molar-refractivity contribution in [2.45, 2.75) is 13.1 Å².